The number of aromatic amines is 1. The van der Waals surface area contributed by atoms with Gasteiger partial charge in [0.2, 0.25) is 0 Å². The van der Waals surface area contributed by atoms with Gasteiger partial charge in [-0.1, -0.05) is 4.01 Å². The number of aryl methyl sites for hydroxylation is 1. The number of rotatable bonds is 2. The van der Waals surface area contributed by atoms with Crippen LogP contribution in [-0.4, -0.2) is 19.4 Å². The molecular formula is C6H10IN3. The molecular weight excluding hydrogens is 241 g/mol. The van der Waals surface area contributed by atoms with Gasteiger partial charge in [0.25, 0.3) is 0 Å². The lowest BCUT2D eigenvalue weighted by molar-refractivity contribution is 0.920. The van der Waals surface area contributed by atoms with Crippen molar-refractivity contribution in [1.82, 2.24) is 15.4 Å². The van der Waals surface area contributed by atoms with E-state index in [1.165, 1.54) is 0 Å². The maximum atomic E-state index is 4.02. The zero-order valence-electron chi connectivity index (χ0n) is 6.06. The Morgan fingerprint density at radius 2 is 2.40 bits per heavy atom. The van der Waals surface area contributed by atoms with Crippen LogP contribution in [0.15, 0.2) is 0 Å². The Morgan fingerprint density at radius 1 is 1.60 bits per heavy atom. The first kappa shape index (κ1) is 7.84. The fourth-order valence-electron chi connectivity index (χ4n) is 0.583. The molecule has 0 fully saturated rings. The maximum Gasteiger partial charge on any atom is 0.0947 e. The molecule has 1 aromatic rings. The molecule has 0 aromatic carbocycles. The lowest BCUT2D eigenvalue weighted by Crippen LogP contribution is -1.80. The van der Waals surface area contributed by atoms with Crippen LogP contribution in [0.2, 0.25) is 0 Å². The van der Waals surface area contributed by atoms with Gasteiger partial charge in [-0.05, 0) is 13.8 Å². The first-order valence-corrected chi connectivity index (χ1v) is 5.83. The quantitative estimate of drug-likeness (QED) is 0.637. The monoisotopic (exact) mass is 251 g/mol. The normalized spacial score (nSPS) is 11.8. The molecule has 4 heteroatoms. The van der Waals surface area contributed by atoms with E-state index >= 15 is 0 Å². The molecule has 0 aliphatic heterocycles. The highest BCUT2D eigenvalue weighted by Gasteiger charge is 1.98. The Hall–Kier alpha value is -0.260. The Balaban J connectivity index is 2.65. The number of hydrogen-bond acceptors (Lipinski definition) is 2. The van der Waals surface area contributed by atoms with Crippen LogP contribution in [0, 0.1) is 6.92 Å². The smallest absolute Gasteiger partial charge is 0.0947 e. The number of nitrogens with zero attached hydrogens (tertiary/aromatic N) is 2. The molecule has 1 N–H and O–H groups in total. The highest BCUT2D eigenvalue weighted by molar-refractivity contribution is 14.2. The summed E-state index contributed by atoms with van der Waals surface area (Å²) >= 11 is 0.211. The molecule has 0 amide bonds. The van der Waals surface area contributed by atoms with Crippen LogP contribution in [0.4, 0.5) is 0 Å². The largest absolute Gasteiger partial charge is 0.197 e. The predicted octanol–water partition coefficient (Wildman–Crippen LogP) is 1.41. The number of halogens is 1. The van der Waals surface area contributed by atoms with Crippen molar-refractivity contribution in [2.24, 2.45) is 0 Å². The second-order valence-electron chi connectivity index (χ2n) is 1.86. The van der Waals surface area contributed by atoms with Crippen molar-refractivity contribution in [3.05, 3.63) is 11.4 Å². The number of hydrogen-bond donors (Lipinski definition) is 1. The Kier molecular flexibility index (Phi) is 2.98. The third-order valence-corrected chi connectivity index (χ3v) is 3.22. The minimum absolute atomic E-state index is 0.211. The molecule has 1 aromatic heterocycles. The van der Waals surface area contributed by atoms with Gasteiger partial charge in [-0.25, -0.2) is 0 Å². The summed E-state index contributed by atoms with van der Waals surface area (Å²) in [5, 5.41) is 10.6. The summed E-state index contributed by atoms with van der Waals surface area (Å²) in [6.45, 7) is 4.08. The van der Waals surface area contributed by atoms with Crippen LogP contribution in [-0.2, 0) is 4.43 Å². The van der Waals surface area contributed by atoms with Crippen molar-refractivity contribution in [1.29, 1.82) is 0 Å². The molecule has 0 saturated heterocycles. The van der Waals surface area contributed by atoms with E-state index in [0.29, 0.717) is 0 Å². The summed E-state index contributed by atoms with van der Waals surface area (Å²) < 4.78 is 3.35. The van der Waals surface area contributed by atoms with Crippen molar-refractivity contribution < 1.29 is 0 Å². The molecule has 0 radical (unpaired) electrons. The third kappa shape index (κ3) is 1.86. The second kappa shape index (κ2) is 3.80. The third-order valence-electron chi connectivity index (χ3n) is 1.18. The average molecular weight is 251 g/mol. The summed E-state index contributed by atoms with van der Waals surface area (Å²) in [4.78, 5) is 0. The predicted molar refractivity (Wildman–Crippen MR) is 50.6 cm³/mol. The minimum atomic E-state index is 0.211. The topological polar surface area (TPSA) is 41.6 Å². The van der Waals surface area contributed by atoms with Crippen molar-refractivity contribution >= 4 is 24.7 Å². The van der Waals surface area contributed by atoms with Gasteiger partial charge in [0, 0.05) is 4.43 Å². The lowest BCUT2D eigenvalue weighted by atomic mass is 10.4. The van der Waals surface area contributed by atoms with Gasteiger partial charge < -0.3 is 0 Å². The van der Waals surface area contributed by atoms with Crippen LogP contribution in [0.5, 0.6) is 0 Å². The van der Waals surface area contributed by atoms with E-state index in [4.69, 9.17) is 0 Å². The summed E-state index contributed by atoms with van der Waals surface area (Å²) in [6.07, 6.45) is 0. The fraction of sp³-hybridized carbons (Fsp3) is 0.500. The minimum Gasteiger partial charge on any atom is -0.197 e. The van der Waals surface area contributed by atoms with Crippen molar-refractivity contribution in [3.8, 4) is 0 Å². The Bertz CT molecular complexity index is 229. The first-order valence-electron chi connectivity index (χ1n) is 3.06. The molecule has 56 valence electrons. The maximum absolute atomic E-state index is 4.02. The van der Waals surface area contributed by atoms with Gasteiger partial charge in [-0.3, -0.25) is 0 Å². The zero-order chi connectivity index (χ0) is 7.40. The second-order valence-corrected chi connectivity index (χ2v) is 4.75. The molecule has 0 aliphatic rings. The van der Waals surface area contributed by atoms with Crippen molar-refractivity contribution in [3.63, 3.8) is 0 Å². The lowest BCUT2D eigenvalue weighted by Gasteiger charge is -1.85. The van der Waals surface area contributed by atoms with E-state index < -0.39 is 0 Å². The zero-order valence-corrected chi connectivity index (χ0v) is 8.21. The van der Waals surface area contributed by atoms with Crippen molar-refractivity contribution in [2.45, 2.75) is 18.3 Å². The Labute approximate surface area is 70.0 Å². The summed E-state index contributed by atoms with van der Waals surface area (Å²) in [6, 6.07) is 0. The van der Waals surface area contributed by atoms with Gasteiger partial charge in [0.1, 0.15) is 0 Å². The highest BCUT2D eigenvalue weighted by Crippen LogP contribution is 2.08. The fourth-order valence-corrected chi connectivity index (χ4v) is 2.16. The first-order chi connectivity index (χ1) is 4.84. The molecule has 0 atom stereocenters. The van der Waals surface area contributed by atoms with Gasteiger partial charge in [-0.2, -0.15) is 15.4 Å². The van der Waals surface area contributed by atoms with E-state index in [0.717, 1.165) is 15.8 Å². The molecule has 1 rings (SSSR count). The van der Waals surface area contributed by atoms with Crippen LogP contribution in [0.25, 0.3) is 0 Å². The van der Waals surface area contributed by atoms with Crippen LogP contribution in [0.3, 0.4) is 0 Å². The average Bonchev–Trinajstić information content (AvgIpc) is 2.31. The molecule has 0 aliphatic carbocycles. The molecule has 0 bridgehead atoms. The number of aromatic nitrogens is 3. The number of alkyl halides is 1. The van der Waals surface area contributed by atoms with Gasteiger partial charge in [0.05, 0.1) is 11.4 Å². The molecule has 0 spiro atoms. The number of nitrogens with one attached hydrogen (secondary N) is 1. The van der Waals surface area contributed by atoms with Crippen LogP contribution >= 0.6 is 20.7 Å². The van der Waals surface area contributed by atoms with Gasteiger partial charge >= 0.3 is 0 Å². The summed E-state index contributed by atoms with van der Waals surface area (Å²) in [7, 11) is 0. The SMILES string of the molecule is CC=ICc1n[nH]nc1C. The van der Waals surface area contributed by atoms with E-state index in [9.17, 15) is 0 Å². The highest BCUT2D eigenvalue weighted by atomic mass is 127. The van der Waals surface area contributed by atoms with E-state index in [-0.39, 0.29) is 20.7 Å². The van der Waals surface area contributed by atoms with E-state index in [1.54, 1.807) is 0 Å². The van der Waals surface area contributed by atoms with E-state index in [2.05, 4.69) is 26.3 Å². The molecule has 0 saturated carbocycles. The summed E-state index contributed by atoms with van der Waals surface area (Å²) in [5.74, 6) is 0. The van der Waals surface area contributed by atoms with Gasteiger partial charge in [-0.15, -0.1) is 20.7 Å². The van der Waals surface area contributed by atoms with E-state index in [1.807, 2.05) is 6.92 Å². The molecule has 3 nitrogen and oxygen atoms in total. The van der Waals surface area contributed by atoms with Crippen molar-refractivity contribution in [2.75, 3.05) is 0 Å². The number of H-pyrrole nitrogens is 1. The molecule has 1 heterocycles. The van der Waals surface area contributed by atoms with Crippen LogP contribution in [0.1, 0.15) is 18.3 Å². The van der Waals surface area contributed by atoms with Crippen LogP contribution < -0.4 is 0 Å². The molecule has 10 heavy (non-hydrogen) atoms. The van der Waals surface area contributed by atoms with Gasteiger partial charge in [0.15, 0.2) is 0 Å². The Morgan fingerprint density at radius 3 is 2.90 bits per heavy atom. The standard InChI is InChI=1S/C6H10IN3/c1-3-7-4-6-5(2)8-10-9-6/h3H,4H2,1-2H3,(H,8,9,10). The molecule has 0 unspecified atom stereocenters. The summed E-state index contributed by atoms with van der Waals surface area (Å²) in [5.41, 5.74) is 2.17.